The van der Waals surface area contributed by atoms with Crippen molar-refractivity contribution in [3.63, 3.8) is 0 Å². The van der Waals surface area contributed by atoms with Crippen molar-refractivity contribution in [3.8, 4) is 5.69 Å². The van der Waals surface area contributed by atoms with Crippen LogP contribution in [0.5, 0.6) is 0 Å². The van der Waals surface area contributed by atoms with E-state index in [-0.39, 0.29) is 12.1 Å². The summed E-state index contributed by atoms with van der Waals surface area (Å²) in [4.78, 5) is 12.1. The molecule has 2 heterocycles. The summed E-state index contributed by atoms with van der Waals surface area (Å²) >= 11 is 1.96. The predicted octanol–water partition coefficient (Wildman–Crippen LogP) is 3.13. The van der Waals surface area contributed by atoms with E-state index in [9.17, 15) is 4.79 Å². The van der Waals surface area contributed by atoms with Gasteiger partial charge in [0.05, 0.1) is 11.7 Å². The molecule has 6 heteroatoms. The Kier molecular flexibility index (Phi) is 5.23. The summed E-state index contributed by atoms with van der Waals surface area (Å²) in [6.07, 6.45) is 5.79. The van der Waals surface area contributed by atoms with E-state index in [1.807, 2.05) is 59.9 Å². The van der Waals surface area contributed by atoms with E-state index in [1.54, 1.807) is 6.20 Å². The van der Waals surface area contributed by atoms with Crippen LogP contribution in [0.2, 0.25) is 0 Å². The van der Waals surface area contributed by atoms with E-state index < -0.39 is 0 Å². The fraction of sp³-hybridized carbons (Fsp3) is 0.412. The number of benzene rings is 1. The maximum absolute atomic E-state index is 12.1. The van der Waals surface area contributed by atoms with Crippen molar-refractivity contribution in [1.29, 1.82) is 0 Å². The Morgan fingerprint density at radius 3 is 2.70 bits per heavy atom. The highest BCUT2D eigenvalue weighted by Gasteiger charge is 2.17. The molecule has 1 aliphatic rings. The van der Waals surface area contributed by atoms with Crippen molar-refractivity contribution < 1.29 is 4.79 Å². The molecule has 2 amide bonds. The third kappa shape index (κ3) is 4.28. The smallest absolute Gasteiger partial charge is 0.315 e. The first-order valence-electron chi connectivity index (χ1n) is 7.97. The summed E-state index contributed by atoms with van der Waals surface area (Å²) in [5.74, 6) is 2.27. The van der Waals surface area contributed by atoms with Crippen LogP contribution in [0.15, 0.2) is 42.7 Å². The first-order chi connectivity index (χ1) is 11.2. The van der Waals surface area contributed by atoms with Crippen molar-refractivity contribution in [2.24, 2.45) is 0 Å². The molecule has 1 aliphatic heterocycles. The molecule has 3 rings (SSSR count). The van der Waals surface area contributed by atoms with E-state index in [0.29, 0.717) is 6.04 Å². The average Bonchev–Trinajstić information content (AvgIpc) is 3.10. The number of thioether (sulfide) groups is 1. The molecule has 1 saturated heterocycles. The zero-order valence-electron chi connectivity index (χ0n) is 13.2. The lowest BCUT2D eigenvalue weighted by atomic mass is 10.1. The molecule has 0 radical (unpaired) electrons. The van der Waals surface area contributed by atoms with Gasteiger partial charge in [0.1, 0.15) is 0 Å². The average molecular weight is 330 g/mol. The van der Waals surface area contributed by atoms with Crippen LogP contribution >= 0.6 is 11.8 Å². The van der Waals surface area contributed by atoms with Crippen LogP contribution in [0.25, 0.3) is 5.69 Å². The summed E-state index contributed by atoms with van der Waals surface area (Å²) in [5.41, 5.74) is 2.09. The van der Waals surface area contributed by atoms with E-state index in [2.05, 4.69) is 15.7 Å². The molecule has 1 atom stereocenters. The van der Waals surface area contributed by atoms with Gasteiger partial charge in [-0.1, -0.05) is 12.1 Å². The van der Waals surface area contributed by atoms with Gasteiger partial charge in [-0.15, -0.1) is 0 Å². The molecule has 122 valence electrons. The molecule has 0 unspecified atom stereocenters. The van der Waals surface area contributed by atoms with Crippen LogP contribution in [-0.4, -0.2) is 33.4 Å². The number of amides is 2. The number of nitrogens with one attached hydrogen (secondary N) is 2. The standard InChI is InChI=1S/C17H22N4OS/c1-13(19-17(22)20-15-7-11-23-12-8-15)14-3-5-16(6-4-14)21-10-2-9-18-21/h2-6,9-10,13,15H,7-8,11-12H2,1H3,(H2,19,20,22)/t13-/m1/s1. The second-order valence-corrected chi connectivity index (χ2v) is 6.99. The highest BCUT2D eigenvalue weighted by Crippen LogP contribution is 2.18. The minimum atomic E-state index is -0.0782. The Morgan fingerprint density at radius 2 is 2.04 bits per heavy atom. The van der Waals surface area contributed by atoms with E-state index in [1.165, 1.54) is 0 Å². The number of rotatable bonds is 4. The molecule has 5 nitrogen and oxygen atoms in total. The van der Waals surface area contributed by atoms with Gasteiger partial charge in [0.2, 0.25) is 0 Å². The van der Waals surface area contributed by atoms with Gasteiger partial charge in [-0.05, 0) is 55.0 Å². The van der Waals surface area contributed by atoms with E-state index in [4.69, 9.17) is 0 Å². The van der Waals surface area contributed by atoms with Crippen LogP contribution in [-0.2, 0) is 0 Å². The molecule has 23 heavy (non-hydrogen) atoms. The summed E-state index contributed by atoms with van der Waals surface area (Å²) in [6.45, 7) is 2.00. The molecule has 1 aromatic heterocycles. The molecular weight excluding hydrogens is 308 g/mol. The minimum absolute atomic E-state index is 0.0281. The van der Waals surface area contributed by atoms with Crippen LogP contribution in [0, 0.1) is 0 Å². The van der Waals surface area contributed by atoms with Gasteiger partial charge in [0, 0.05) is 18.4 Å². The first kappa shape index (κ1) is 15.9. The zero-order valence-corrected chi connectivity index (χ0v) is 14.1. The minimum Gasteiger partial charge on any atom is -0.335 e. The molecule has 0 saturated carbocycles. The summed E-state index contributed by atoms with van der Waals surface area (Å²) in [5, 5.41) is 10.3. The quantitative estimate of drug-likeness (QED) is 0.905. The van der Waals surface area contributed by atoms with Crippen molar-refractivity contribution in [3.05, 3.63) is 48.3 Å². The van der Waals surface area contributed by atoms with Gasteiger partial charge < -0.3 is 10.6 Å². The van der Waals surface area contributed by atoms with Gasteiger partial charge in [0.25, 0.3) is 0 Å². The third-order valence-corrected chi connectivity index (χ3v) is 5.11. The molecular formula is C17H22N4OS. The number of urea groups is 1. The molecule has 0 spiro atoms. The number of carbonyl (C=O) groups is 1. The normalized spacial score (nSPS) is 16.7. The number of carbonyl (C=O) groups excluding carboxylic acids is 1. The first-order valence-corrected chi connectivity index (χ1v) is 9.12. The third-order valence-electron chi connectivity index (χ3n) is 4.07. The highest BCUT2D eigenvalue weighted by molar-refractivity contribution is 7.99. The Hall–Kier alpha value is -1.95. The van der Waals surface area contributed by atoms with E-state index in [0.717, 1.165) is 35.6 Å². The second-order valence-electron chi connectivity index (χ2n) is 5.77. The van der Waals surface area contributed by atoms with Crippen molar-refractivity contribution in [2.45, 2.75) is 31.8 Å². The number of aromatic nitrogens is 2. The van der Waals surface area contributed by atoms with Crippen molar-refractivity contribution >= 4 is 17.8 Å². The monoisotopic (exact) mass is 330 g/mol. The summed E-state index contributed by atoms with van der Waals surface area (Å²) in [7, 11) is 0. The van der Waals surface area contributed by atoms with E-state index >= 15 is 0 Å². The molecule has 1 fully saturated rings. The van der Waals surface area contributed by atoms with Crippen LogP contribution < -0.4 is 10.6 Å². The Morgan fingerprint density at radius 1 is 1.30 bits per heavy atom. The van der Waals surface area contributed by atoms with Gasteiger partial charge in [0.15, 0.2) is 0 Å². The lowest BCUT2D eigenvalue weighted by Crippen LogP contribution is -2.44. The molecule has 0 bridgehead atoms. The number of hydrogen-bond acceptors (Lipinski definition) is 3. The zero-order chi connectivity index (χ0) is 16.1. The van der Waals surface area contributed by atoms with Crippen molar-refractivity contribution in [2.75, 3.05) is 11.5 Å². The summed E-state index contributed by atoms with van der Waals surface area (Å²) in [6, 6.07) is 10.2. The lowest BCUT2D eigenvalue weighted by Gasteiger charge is -2.24. The molecule has 1 aromatic carbocycles. The Balaban J connectivity index is 1.55. The second kappa shape index (κ2) is 7.55. The summed E-state index contributed by atoms with van der Waals surface area (Å²) < 4.78 is 1.82. The maximum Gasteiger partial charge on any atom is 0.315 e. The fourth-order valence-electron chi connectivity index (χ4n) is 2.69. The lowest BCUT2D eigenvalue weighted by molar-refractivity contribution is 0.233. The highest BCUT2D eigenvalue weighted by atomic mass is 32.2. The fourth-order valence-corrected chi connectivity index (χ4v) is 3.79. The van der Waals surface area contributed by atoms with Crippen LogP contribution in [0.3, 0.4) is 0 Å². The van der Waals surface area contributed by atoms with Crippen LogP contribution in [0.1, 0.15) is 31.4 Å². The van der Waals surface area contributed by atoms with Gasteiger partial charge in [-0.2, -0.15) is 16.9 Å². The topological polar surface area (TPSA) is 59.0 Å². The Labute approximate surface area is 140 Å². The predicted molar refractivity (Wildman–Crippen MR) is 94.0 cm³/mol. The maximum atomic E-state index is 12.1. The SMILES string of the molecule is C[C@@H](NC(=O)NC1CCSCC1)c1ccc(-n2cccn2)cc1. The molecule has 0 aliphatic carbocycles. The van der Waals surface area contributed by atoms with Crippen molar-refractivity contribution in [1.82, 2.24) is 20.4 Å². The van der Waals surface area contributed by atoms with Gasteiger partial charge >= 0.3 is 6.03 Å². The molecule has 2 N–H and O–H groups in total. The van der Waals surface area contributed by atoms with Gasteiger partial charge in [-0.25, -0.2) is 9.48 Å². The number of hydrogen-bond donors (Lipinski definition) is 2. The largest absolute Gasteiger partial charge is 0.335 e. The Bertz CT molecular complexity index is 621. The van der Waals surface area contributed by atoms with Crippen LogP contribution in [0.4, 0.5) is 4.79 Å². The number of nitrogens with zero attached hydrogens (tertiary/aromatic N) is 2. The van der Waals surface area contributed by atoms with Gasteiger partial charge in [-0.3, -0.25) is 0 Å². The molecule has 2 aromatic rings.